The third-order valence-electron chi connectivity index (χ3n) is 3.80. The monoisotopic (exact) mass is 256 g/mol. The first-order valence-corrected chi connectivity index (χ1v) is 7.24. The molecule has 18 heavy (non-hydrogen) atoms. The lowest BCUT2D eigenvalue weighted by molar-refractivity contribution is -0.126. The lowest BCUT2D eigenvalue weighted by atomic mass is 9.79. The number of methoxy groups -OCH3 is 1. The van der Waals surface area contributed by atoms with Crippen molar-refractivity contribution in [1.82, 2.24) is 5.32 Å². The Morgan fingerprint density at radius 2 is 2.22 bits per heavy atom. The molecule has 106 valence electrons. The Morgan fingerprint density at radius 1 is 1.39 bits per heavy atom. The number of amides is 1. The van der Waals surface area contributed by atoms with Gasteiger partial charge in [0.1, 0.15) is 0 Å². The van der Waals surface area contributed by atoms with Gasteiger partial charge < -0.3 is 15.8 Å². The number of ether oxygens (including phenoxy) is 1. The largest absolute Gasteiger partial charge is 0.385 e. The van der Waals surface area contributed by atoms with Gasteiger partial charge in [-0.05, 0) is 44.6 Å². The van der Waals surface area contributed by atoms with Gasteiger partial charge in [0.15, 0.2) is 0 Å². The van der Waals surface area contributed by atoms with Crippen molar-refractivity contribution < 1.29 is 9.53 Å². The van der Waals surface area contributed by atoms with Gasteiger partial charge >= 0.3 is 0 Å². The summed E-state index contributed by atoms with van der Waals surface area (Å²) < 4.78 is 4.98. The molecule has 0 aromatic heterocycles. The second-order valence-corrected chi connectivity index (χ2v) is 5.30. The molecule has 0 aliphatic heterocycles. The number of carbonyl (C=O) groups is 1. The summed E-state index contributed by atoms with van der Waals surface area (Å²) in [6, 6.07) is 0. The highest BCUT2D eigenvalue weighted by Crippen LogP contribution is 2.30. The Labute approximate surface area is 111 Å². The van der Waals surface area contributed by atoms with Gasteiger partial charge in [-0.15, -0.1) is 0 Å². The van der Waals surface area contributed by atoms with E-state index in [9.17, 15) is 4.79 Å². The summed E-state index contributed by atoms with van der Waals surface area (Å²) in [7, 11) is 1.71. The smallest absolute Gasteiger partial charge is 0.223 e. The predicted molar refractivity (Wildman–Crippen MR) is 73.2 cm³/mol. The second-order valence-electron chi connectivity index (χ2n) is 5.30. The van der Waals surface area contributed by atoms with Crippen LogP contribution < -0.4 is 11.1 Å². The number of nitrogens with one attached hydrogen (secondary N) is 1. The van der Waals surface area contributed by atoms with E-state index in [1.807, 2.05) is 0 Å². The molecule has 1 rings (SSSR count). The topological polar surface area (TPSA) is 64.3 Å². The molecule has 1 aliphatic carbocycles. The van der Waals surface area contributed by atoms with Crippen molar-refractivity contribution in [1.29, 1.82) is 0 Å². The lowest BCUT2D eigenvalue weighted by Crippen LogP contribution is -2.34. The van der Waals surface area contributed by atoms with Crippen molar-refractivity contribution in [2.24, 2.45) is 17.6 Å². The minimum Gasteiger partial charge on any atom is -0.385 e. The maximum absolute atomic E-state index is 12.0. The average Bonchev–Trinajstić information content (AvgIpc) is 2.39. The molecule has 0 heterocycles. The molecule has 0 saturated heterocycles. The average molecular weight is 256 g/mol. The van der Waals surface area contributed by atoms with Crippen molar-refractivity contribution in [2.45, 2.75) is 44.9 Å². The van der Waals surface area contributed by atoms with E-state index in [1.54, 1.807) is 7.11 Å². The van der Waals surface area contributed by atoms with E-state index in [4.69, 9.17) is 10.5 Å². The number of nitrogens with two attached hydrogens (primary N) is 1. The zero-order valence-electron chi connectivity index (χ0n) is 11.6. The normalized spacial score (nSPS) is 23.9. The number of hydrogen-bond donors (Lipinski definition) is 2. The maximum Gasteiger partial charge on any atom is 0.223 e. The van der Waals surface area contributed by atoms with E-state index in [2.05, 4.69) is 5.32 Å². The minimum absolute atomic E-state index is 0.220. The molecule has 2 atom stereocenters. The molecule has 0 aromatic carbocycles. The number of hydrogen-bond acceptors (Lipinski definition) is 3. The van der Waals surface area contributed by atoms with Crippen LogP contribution in [0.15, 0.2) is 0 Å². The van der Waals surface area contributed by atoms with Crippen molar-refractivity contribution >= 4 is 5.91 Å². The van der Waals surface area contributed by atoms with E-state index in [1.165, 1.54) is 12.8 Å². The van der Waals surface area contributed by atoms with Gasteiger partial charge in [0, 0.05) is 26.2 Å². The quantitative estimate of drug-likeness (QED) is 0.649. The highest BCUT2D eigenvalue weighted by molar-refractivity contribution is 5.78. The standard InChI is InChI=1S/C14H28N2O2/c1-18-10-3-2-9-16-14(17)13-6-4-5-12(11-13)7-8-15/h12-13H,2-11,15H2,1H3,(H,16,17). The van der Waals surface area contributed by atoms with Gasteiger partial charge in [0.05, 0.1) is 0 Å². The third-order valence-corrected chi connectivity index (χ3v) is 3.80. The maximum atomic E-state index is 12.0. The van der Waals surface area contributed by atoms with E-state index in [-0.39, 0.29) is 11.8 Å². The first-order chi connectivity index (χ1) is 8.77. The van der Waals surface area contributed by atoms with Crippen molar-refractivity contribution in [2.75, 3.05) is 26.8 Å². The van der Waals surface area contributed by atoms with Crippen LogP contribution >= 0.6 is 0 Å². The molecule has 1 aliphatic rings. The zero-order chi connectivity index (χ0) is 13.2. The van der Waals surface area contributed by atoms with Crippen molar-refractivity contribution in [3.63, 3.8) is 0 Å². The number of unbranched alkanes of at least 4 members (excludes halogenated alkanes) is 1. The first-order valence-electron chi connectivity index (χ1n) is 7.24. The molecule has 0 bridgehead atoms. The summed E-state index contributed by atoms with van der Waals surface area (Å²) in [5.74, 6) is 1.12. The van der Waals surface area contributed by atoms with Crippen LogP contribution in [0.25, 0.3) is 0 Å². The molecular weight excluding hydrogens is 228 g/mol. The van der Waals surface area contributed by atoms with Gasteiger partial charge in [0.2, 0.25) is 5.91 Å². The molecule has 0 radical (unpaired) electrons. The van der Waals surface area contributed by atoms with Crippen LogP contribution in [0, 0.1) is 11.8 Å². The van der Waals surface area contributed by atoms with E-state index in [0.29, 0.717) is 5.92 Å². The van der Waals surface area contributed by atoms with Gasteiger partial charge in [-0.1, -0.05) is 12.8 Å². The molecule has 4 heteroatoms. The molecule has 4 nitrogen and oxygen atoms in total. The predicted octanol–water partition coefficient (Wildman–Crippen LogP) is 1.68. The fraction of sp³-hybridized carbons (Fsp3) is 0.929. The minimum atomic E-state index is 0.220. The Hall–Kier alpha value is -0.610. The molecule has 1 fully saturated rings. The van der Waals surface area contributed by atoms with Crippen LogP contribution in [0.4, 0.5) is 0 Å². The molecular formula is C14H28N2O2. The summed E-state index contributed by atoms with van der Waals surface area (Å²) in [5.41, 5.74) is 5.60. The lowest BCUT2D eigenvalue weighted by Gasteiger charge is -2.28. The first kappa shape index (κ1) is 15.4. The Balaban J connectivity index is 2.16. The SMILES string of the molecule is COCCCCNC(=O)C1CCCC(CCN)C1. The second kappa shape index (κ2) is 9.34. The zero-order valence-corrected chi connectivity index (χ0v) is 11.6. The molecule has 1 amide bonds. The van der Waals surface area contributed by atoms with Crippen LogP contribution in [0.2, 0.25) is 0 Å². The van der Waals surface area contributed by atoms with Crippen molar-refractivity contribution in [3.8, 4) is 0 Å². The fourth-order valence-electron chi connectivity index (χ4n) is 2.75. The van der Waals surface area contributed by atoms with Gasteiger partial charge in [-0.3, -0.25) is 4.79 Å². The van der Waals surface area contributed by atoms with E-state index < -0.39 is 0 Å². The third kappa shape index (κ3) is 5.83. The number of carbonyl (C=O) groups excluding carboxylic acids is 1. The molecule has 3 N–H and O–H groups in total. The Bertz CT molecular complexity index is 232. The van der Waals surface area contributed by atoms with E-state index in [0.717, 1.165) is 51.8 Å². The van der Waals surface area contributed by atoms with Crippen LogP contribution in [-0.4, -0.2) is 32.7 Å². The van der Waals surface area contributed by atoms with Crippen molar-refractivity contribution in [3.05, 3.63) is 0 Å². The summed E-state index contributed by atoms with van der Waals surface area (Å²) in [6.07, 6.45) is 7.57. The number of rotatable bonds is 8. The van der Waals surface area contributed by atoms with Gasteiger partial charge in [-0.2, -0.15) is 0 Å². The van der Waals surface area contributed by atoms with Crippen LogP contribution in [0.3, 0.4) is 0 Å². The Morgan fingerprint density at radius 3 is 2.94 bits per heavy atom. The molecule has 0 spiro atoms. The molecule has 2 unspecified atom stereocenters. The summed E-state index contributed by atoms with van der Waals surface area (Å²) in [6.45, 7) is 2.30. The van der Waals surface area contributed by atoms with E-state index >= 15 is 0 Å². The van der Waals surface area contributed by atoms with Gasteiger partial charge in [0.25, 0.3) is 0 Å². The van der Waals surface area contributed by atoms with Crippen LogP contribution in [0.5, 0.6) is 0 Å². The molecule has 0 aromatic rings. The van der Waals surface area contributed by atoms with Crippen LogP contribution in [-0.2, 0) is 9.53 Å². The highest BCUT2D eigenvalue weighted by atomic mass is 16.5. The Kier molecular flexibility index (Phi) is 8.01. The summed E-state index contributed by atoms with van der Waals surface area (Å²) >= 11 is 0. The molecule has 1 saturated carbocycles. The summed E-state index contributed by atoms with van der Waals surface area (Å²) in [4.78, 5) is 12.0. The highest BCUT2D eigenvalue weighted by Gasteiger charge is 2.26. The van der Waals surface area contributed by atoms with Gasteiger partial charge in [-0.25, -0.2) is 0 Å². The van der Waals surface area contributed by atoms with Crippen LogP contribution in [0.1, 0.15) is 44.9 Å². The summed E-state index contributed by atoms with van der Waals surface area (Å²) in [5, 5.41) is 3.05. The fourth-order valence-corrected chi connectivity index (χ4v) is 2.75.